The number of nitrogens with zero attached hydrogens (tertiary/aromatic N) is 3. The van der Waals surface area contributed by atoms with Gasteiger partial charge in [0.1, 0.15) is 5.69 Å². The Morgan fingerprint density at radius 1 is 1.47 bits per heavy atom. The van der Waals surface area contributed by atoms with Crippen LogP contribution in [0.5, 0.6) is 0 Å². The second-order valence-electron chi connectivity index (χ2n) is 3.52. The first kappa shape index (κ1) is 11.8. The summed E-state index contributed by atoms with van der Waals surface area (Å²) in [6.45, 7) is 4.05. The van der Waals surface area contributed by atoms with Crippen LogP contribution in [-0.2, 0) is 13.2 Å². The van der Waals surface area contributed by atoms with Crippen LogP contribution in [0.3, 0.4) is 0 Å². The van der Waals surface area contributed by atoms with Crippen molar-refractivity contribution < 1.29 is 5.11 Å². The quantitative estimate of drug-likeness (QED) is 0.846. The van der Waals surface area contributed by atoms with E-state index in [1.54, 1.807) is 16.8 Å². The molecule has 0 aliphatic carbocycles. The van der Waals surface area contributed by atoms with Crippen LogP contribution < -0.4 is 0 Å². The molecule has 17 heavy (non-hydrogen) atoms. The zero-order valence-electron chi connectivity index (χ0n) is 9.17. The van der Waals surface area contributed by atoms with Gasteiger partial charge in [0.25, 0.3) is 0 Å². The van der Waals surface area contributed by atoms with Gasteiger partial charge >= 0.3 is 0 Å². The molecule has 0 radical (unpaired) electrons. The molecule has 0 saturated heterocycles. The van der Waals surface area contributed by atoms with E-state index < -0.39 is 0 Å². The number of hydrogen-bond donors (Lipinski definition) is 1. The number of aliphatic hydroxyl groups excluding tert-OH is 1. The molecule has 4 nitrogen and oxygen atoms in total. The summed E-state index contributed by atoms with van der Waals surface area (Å²) in [4.78, 5) is 0. The lowest BCUT2D eigenvalue weighted by Crippen LogP contribution is -2.01. The Labute approximate surface area is 104 Å². The van der Waals surface area contributed by atoms with Gasteiger partial charge in [-0.05, 0) is 12.1 Å². The minimum absolute atomic E-state index is 0.154. The van der Waals surface area contributed by atoms with Gasteiger partial charge in [0.2, 0.25) is 0 Å². The Morgan fingerprint density at radius 3 is 2.94 bits per heavy atom. The number of halogens is 1. The van der Waals surface area contributed by atoms with Crippen molar-refractivity contribution in [2.45, 2.75) is 13.2 Å². The summed E-state index contributed by atoms with van der Waals surface area (Å²) in [5.41, 5.74) is 2.19. The maximum Gasteiger partial charge on any atom is 0.116 e. The largest absolute Gasteiger partial charge is 0.390 e. The minimum Gasteiger partial charge on any atom is -0.390 e. The molecular weight excluding hydrogens is 238 g/mol. The molecule has 0 aliphatic rings. The fraction of sp³-hybridized carbons (Fsp3) is 0.167. The summed E-state index contributed by atoms with van der Waals surface area (Å²) < 4.78 is 1.68. The number of allylic oxidation sites excluding steroid dienone is 1. The molecule has 0 amide bonds. The second kappa shape index (κ2) is 5.12. The number of aromatic nitrogens is 3. The van der Waals surface area contributed by atoms with Crippen molar-refractivity contribution in [3.8, 4) is 11.3 Å². The van der Waals surface area contributed by atoms with Crippen molar-refractivity contribution >= 4 is 11.6 Å². The maximum absolute atomic E-state index is 9.26. The molecule has 0 fully saturated rings. The average molecular weight is 250 g/mol. The van der Waals surface area contributed by atoms with Crippen LogP contribution in [-0.4, -0.2) is 20.1 Å². The molecule has 0 bridgehead atoms. The third kappa shape index (κ3) is 2.38. The van der Waals surface area contributed by atoms with Gasteiger partial charge < -0.3 is 5.11 Å². The monoisotopic (exact) mass is 249 g/mol. The Kier molecular flexibility index (Phi) is 3.56. The topological polar surface area (TPSA) is 50.9 Å². The highest BCUT2D eigenvalue weighted by molar-refractivity contribution is 6.30. The Hall–Kier alpha value is -1.65. The molecule has 0 spiro atoms. The lowest BCUT2D eigenvalue weighted by atomic mass is 10.1. The van der Waals surface area contributed by atoms with Gasteiger partial charge in [-0.15, -0.1) is 11.7 Å². The molecule has 1 aromatic heterocycles. The molecule has 0 unspecified atom stereocenters. The number of hydrogen-bond acceptors (Lipinski definition) is 3. The Bertz CT molecular complexity index is 536. The first-order chi connectivity index (χ1) is 8.26. The highest BCUT2D eigenvalue weighted by Crippen LogP contribution is 2.25. The highest BCUT2D eigenvalue weighted by Gasteiger charge is 2.13. The summed E-state index contributed by atoms with van der Waals surface area (Å²) in [6.07, 6.45) is 1.73. The van der Waals surface area contributed by atoms with Gasteiger partial charge in [-0.25, -0.2) is 4.68 Å². The lowest BCUT2D eigenvalue weighted by Gasteiger charge is -2.05. The van der Waals surface area contributed by atoms with Crippen molar-refractivity contribution in [2.24, 2.45) is 0 Å². The first-order valence-electron chi connectivity index (χ1n) is 5.16. The van der Waals surface area contributed by atoms with Crippen LogP contribution >= 0.6 is 11.6 Å². The minimum atomic E-state index is -0.154. The first-order valence-corrected chi connectivity index (χ1v) is 5.54. The van der Waals surface area contributed by atoms with Gasteiger partial charge in [0.15, 0.2) is 0 Å². The number of aliphatic hydroxyl groups is 1. The molecule has 2 aromatic rings. The molecule has 88 valence electrons. The predicted octanol–water partition coefficient (Wildman–Crippen LogP) is 2.28. The molecule has 5 heteroatoms. The standard InChI is InChI=1S/C12H12ClN3O/c1-2-6-16-12(11(8-17)14-15-16)9-4-3-5-10(13)7-9/h2-5,7,17H,1,6,8H2. The Morgan fingerprint density at radius 2 is 2.29 bits per heavy atom. The zero-order valence-corrected chi connectivity index (χ0v) is 9.93. The van der Waals surface area contributed by atoms with E-state index in [0.29, 0.717) is 17.3 Å². The highest BCUT2D eigenvalue weighted by atomic mass is 35.5. The molecule has 0 saturated carbocycles. The third-order valence-corrected chi connectivity index (χ3v) is 2.59. The van der Waals surface area contributed by atoms with Crippen molar-refractivity contribution in [1.82, 2.24) is 15.0 Å². The van der Waals surface area contributed by atoms with Crippen LogP contribution in [0.15, 0.2) is 36.9 Å². The fourth-order valence-electron chi connectivity index (χ4n) is 1.66. The fourth-order valence-corrected chi connectivity index (χ4v) is 1.85. The van der Waals surface area contributed by atoms with E-state index in [1.807, 2.05) is 18.2 Å². The lowest BCUT2D eigenvalue weighted by molar-refractivity contribution is 0.277. The number of rotatable bonds is 4. The van der Waals surface area contributed by atoms with E-state index >= 15 is 0 Å². The normalized spacial score (nSPS) is 10.5. The average Bonchev–Trinajstić information content (AvgIpc) is 2.72. The molecule has 1 aromatic carbocycles. The van der Waals surface area contributed by atoms with Crippen LogP contribution in [0.2, 0.25) is 5.02 Å². The van der Waals surface area contributed by atoms with E-state index in [-0.39, 0.29) is 6.61 Å². The molecule has 1 N–H and O–H groups in total. The van der Waals surface area contributed by atoms with E-state index in [2.05, 4.69) is 16.9 Å². The second-order valence-corrected chi connectivity index (χ2v) is 3.96. The van der Waals surface area contributed by atoms with Gasteiger partial charge in [-0.2, -0.15) is 0 Å². The Balaban J connectivity index is 2.55. The predicted molar refractivity (Wildman–Crippen MR) is 66.6 cm³/mol. The van der Waals surface area contributed by atoms with Crippen LogP contribution in [0, 0.1) is 0 Å². The van der Waals surface area contributed by atoms with Crippen molar-refractivity contribution in [1.29, 1.82) is 0 Å². The van der Waals surface area contributed by atoms with Crippen LogP contribution in [0.25, 0.3) is 11.3 Å². The van der Waals surface area contributed by atoms with Gasteiger partial charge in [0, 0.05) is 10.6 Å². The molecule has 2 rings (SSSR count). The summed E-state index contributed by atoms with van der Waals surface area (Å²) in [5.74, 6) is 0. The van der Waals surface area contributed by atoms with Crippen molar-refractivity contribution in [3.05, 3.63) is 47.6 Å². The van der Waals surface area contributed by atoms with Crippen molar-refractivity contribution in [2.75, 3.05) is 0 Å². The van der Waals surface area contributed by atoms with E-state index in [4.69, 9.17) is 11.6 Å². The van der Waals surface area contributed by atoms with Crippen molar-refractivity contribution in [3.63, 3.8) is 0 Å². The molecular formula is C12H12ClN3O. The summed E-state index contributed by atoms with van der Waals surface area (Å²) in [5, 5.41) is 17.8. The summed E-state index contributed by atoms with van der Waals surface area (Å²) in [6, 6.07) is 7.37. The maximum atomic E-state index is 9.26. The summed E-state index contributed by atoms with van der Waals surface area (Å²) >= 11 is 5.95. The molecule has 0 atom stereocenters. The SMILES string of the molecule is C=CCn1nnc(CO)c1-c1cccc(Cl)c1. The number of benzene rings is 1. The van der Waals surface area contributed by atoms with E-state index in [9.17, 15) is 5.11 Å². The van der Waals surface area contributed by atoms with Gasteiger partial charge in [-0.1, -0.05) is 35.0 Å². The smallest absolute Gasteiger partial charge is 0.116 e. The van der Waals surface area contributed by atoms with Gasteiger partial charge in [-0.3, -0.25) is 0 Å². The molecule has 0 aliphatic heterocycles. The third-order valence-electron chi connectivity index (χ3n) is 2.35. The molecule has 1 heterocycles. The zero-order chi connectivity index (χ0) is 12.3. The van der Waals surface area contributed by atoms with Crippen LogP contribution in [0.4, 0.5) is 0 Å². The summed E-state index contributed by atoms with van der Waals surface area (Å²) in [7, 11) is 0. The van der Waals surface area contributed by atoms with E-state index in [1.165, 1.54) is 0 Å². The van der Waals surface area contributed by atoms with E-state index in [0.717, 1.165) is 11.3 Å². The van der Waals surface area contributed by atoms with Crippen LogP contribution in [0.1, 0.15) is 5.69 Å². The van der Waals surface area contributed by atoms with Gasteiger partial charge in [0.05, 0.1) is 18.8 Å².